The molecule has 3 heterocycles. The lowest BCUT2D eigenvalue weighted by Crippen LogP contribution is -2.48. The van der Waals surface area contributed by atoms with Gasteiger partial charge in [0.2, 0.25) is 5.91 Å². The lowest BCUT2D eigenvalue weighted by Gasteiger charge is -2.36. The Labute approximate surface area is 130 Å². The molecule has 1 aromatic rings. The zero-order valence-corrected chi connectivity index (χ0v) is 12.8. The van der Waals surface area contributed by atoms with Gasteiger partial charge >= 0.3 is 15.5 Å². The standard InChI is InChI=1S/C12H15F3N4O3S/c13-12(14,15)23(21,22)18-7-9-2-3-16-19(9)10(8-18)6-11(20)17-4-1-5-17/h2-3,10H,1,4-8H2/t10-/m0/s1. The van der Waals surface area contributed by atoms with Gasteiger partial charge in [0.25, 0.3) is 0 Å². The van der Waals surface area contributed by atoms with E-state index in [4.69, 9.17) is 0 Å². The number of nitrogens with zero attached hydrogens (tertiary/aromatic N) is 4. The molecule has 0 saturated carbocycles. The van der Waals surface area contributed by atoms with Gasteiger partial charge in [0.15, 0.2) is 0 Å². The van der Waals surface area contributed by atoms with Crippen molar-refractivity contribution in [3.63, 3.8) is 0 Å². The van der Waals surface area contributed by atoms with E-state index in [0.717, 1.165) is 6.42 Å². The highest BCUT2D eigenvalue weighted by Crippen LogP contribution is 2.33. The largest absolute Gasteiger partial charge is 0.511 e. The van der Waals surface area contributed by atoms with Crippen LogP contribution in [0.5, 0.6) is 0 Å². The molecule has 1 amide bonds. The first-order chi connectivity index (χ1) is 10.7. The first kappa shape index (κ1) is 16.2. The van der Waals surface area contributed by atoms with Gasteiger partial charge in [-0.3, -0.25) is 9.48 Å². The number of fused-ring (bicyclic) bond motifs is 1. The van der Waals surface area contributed by atoms with Crippen LogP contribution < -0.4 is 0 Å². The summed E-state index contributed by atoms with van der Waals surface area (Å²) in [5.41, 5.74) is -5.02. The number of hydrogen-bond acceptors (Lipinski definition) is 4. The van der Waals surface area contributed by atoms with Crippen molar-refractivity contribution in [2.24, 2.45) is 0 Å². The summed E-state index contributed by atoms with van der Waals surface area (Å²) in [5.74, 6) is -0.200. The highest BCUT2D eigenvalue weighted by molar-refractivity contribution is 7.89. The van der Waals surface area contributed by atoms with E-state index in [9.17, 15) is 26.4 Å². The molecule has 1 fully saturated rings. The van der Waals surface area contributed by atoms with Crippen LogP contribution in [0, 0.1) is 0 Å². The number of likely N-dealkylation sites (tertiary alicyclic amines) is 1. The van der Waals surface area contributed by atoms with E-state index in [2.05, 4.69) is 5.10 Å². The molecule has 1 atom stereocenters. The number of amides is 1. The first-order valence-corrected chi connectivity index (χ1v) is 8.51. The fourth-order valence-corrected chi connectivity index (χ4v) is 3.69. The molecule has 0 N–H and O–H groups in total. The molecule has 2 aliphatic heterocycles. The van der Waals surface area contributed by atoms with Gasteiger partial charge in [0, 0.05) is 25.8 Å². The number of aromatic nitrogens is 2. The number of sulfonamides is 1. The minimum absolute atomic E-state index is 0.0709. The lowest BCUT2D eigenvalue weighted by molar-refractivity contribution is -0.135. The quantitative estimate of drug-likeness (QED) is 0.803. The van der Waals surface area contributed by atoms with Crippen molar-refractivity contribution in [1.29, 1.82) is 0 Å². The van der Waals surface area contributed by atoms with E-state index in [1.165, 1.54) is 16.9 Å². The third kappa shape index (κ3) is 2.82. The Morgan fingerprint density at radius 1 is 1.35 bits per heavy atom. The molecule has 23 heavy (non-hydrogen) atoms. The maximum atomic E-state index is 12.8. The van der Waals surface area contributed by atoms with Gasteiger partial charge in [0.1, 0.15) is 0 Å². The molecule has 0 bridgehead atoms. The molecular weight excluding hydrogens is 337 g/mol. The van der Waals surface area contributed by atoms with Gasteiger partial charge < -0.3 is 4.90 Å². The molecule has 0 radical (unpaired) electrons. The smallest absolute Gasteiger partial charge is 0.342 e. The fraction of sp³-hybridized carbons (Fsp3) is 0.667. The number of rotatable bonds is 3. The monoisotopic (exact) mass is 352 g/mol. The van der Waals surface area contributed by atoms with E-state index in [-0.39, 0.29) is 12.3 Å². The van der Waals surface area contributed by atoms with Crippen molar-refractivity contribution in [1.82, 2.24) is 19.0 Å². The van der Waals surface area contributed by atoms with E-state index in [1.54, 1.807) is 4.90 Å². The summed E-state index contributed by atoms with van der Waals surface area (Å²) >= 11 is 0. The minimum atomic E-state index is -5.43. The highest BCUT2D eigenvalue weighted by atomic mass is 32.2. The summed E-state index contributed by atoms with van der Waals surface area (Å²) in [6.45, 7) is 0.427. The van der Waals surface area contributed by atoms with Crippen LogP contribution >= 0.6 is 0 Å². The topological polar surface area (TPSA) is 75.5 Å². The second-order valence-corrected chi connectivity index (χ2v) is 7.53. The van der Waals surface area contributed by atoms with E-state index in [0.29, 0.717) is 23.1 Å². The third-order valence-electron chi connectivity index (χ3n) is 4.10. The van der Waals surface area contributed by atoms with Crippen LogP contribution in [0.4, 0.5) is 13.2 Å². The van der Waals surface area contributed by atoms with Crippen LogP contribution in [0.2, 0.25) is 0 Å². The molecule has 11 heteroatoms. The Kier molecular flexibility index (Phi) is 3.87. The summed E-state index contributed by atoms with van der Waals surface area (Å²) in [4.78, 5) is 13.7. The van der Waals surface area contributed by atoms with Crippen LogP contribution in [0.15, 0.2) is 12.3 Å². The van der Waals surface area contributed by atoms with Crippen LogP contribution in [0.3, 0.4) is 0 Å². The van der Waals surface area contributed by atoms with Crippen LogP contribution in [-0.2, 0) is 21.4 Å². The lowest BCUT2D eigenvalue weighted by atomic mass is 10.1. The van der Waals surface area contributed by atoms with Crippen molar-refractivity contribution in [2.75, 3.05) is 19.6 Å². The first-order valence-electron chi connectivity index (χ1n) is 7.07. The van der Waals surface area contributed by atoms with E-state index >= 15 is 0 Å². The van der Waals surface area contributed by atoms with Gasteiger partial charge in [-0.1, -0.05) is 0 Å². The minimum Gasteiger partial charge on any atom is -0.342 e. The third-order valence-corrected chi connectivity index (χ3v) is 5.65. The highest BCUT2D eigenvalue weighted by Gasteiger charge is 2.51. The molecule has 0 aromatic carbocycles. The second-order valence-electron chi connectivity index (χ2n) is 5.60. The van der Waals surface area contributed by atoms with E-state index in [1.807, 2.05) is 0 Å². The normalized spacial score (nSPS) is 22.6. The number of carbonyl (C=O) groups is 1. The van der Waals surface area contributed by atoms with Crippen LogP contribution in [-0.4, -0.2) is 58.5 Å². The number of halogens is 3. The molecule has 0 aliphatic carbocycles. The molecule has 0 spiro atoms. The predicted octanol–water partition coefficient (Wildman–Crippen LogP) is 0.712. The Hall–Kier alpha value is -1.62. The predicted molar refractivity (Wildman–Crippen MR) is 72.5 cm³/mol. The second kappa shape index (κ2) is 5.48. The van der Waals surface area contributed by atoms with Crippen LogP contribution in [0.1, 0.15) is 24.6 Å². The summed E-state index contributed by atoms with van der Waals surface area (Å²) in [6, 6.07) is 0.720. The average molecular weight is 352 g/mol. The van der Waals surface area contributed by atoms with Crippen molar-refractivity contribution in [3.8, 4) is 0 Å². The fourth-order valence-electron chi connectivity index (χ4n) is 2.73. The maximum absolute atomic E-state index is 12.8. The van der Waals surface area contributed by atoms with Gasteiger partial charge in [-0.05, 0) is 12.5 Å². The molecule has 3 rings (SSSR count). The Morgan fingerprint density at radius 2 is 2.04 bits per heavy atom. The molecule has 2 aliphatic rings. The molecule has 1 aromatic heterocycles. The molecule has 128 valence electrons. The van der Waals surface area contributed by atoms with Gasteiger partial charge in [0.05, 0.1) is 24.7 Å². The van der Waals surface area contributed by atoms with Crippen molar-refractivity contribution >= 4 is 15.9 Å². The molecule has 1 saturated heterocycles. The molecule has 0 unspecified atom stereocenters. The number of hydrogen-bond donors (Lipinski definition) is 0. The van der Waals surface area contributed by atoms with Crippen molar-refractivity contribution in [2.45, 2.75) is 30.9 Å². The summed E-state index contributed by atoms with van der Waals surface area (Å²) in [7, 11) is -5.43. The van der Waals surface area contributed by atoms with Crippen LogP contribution in [0.25, 0.3) is 0 Å². The SMILES string of the molecule is O=C(C[C@H]1CN(S(=O)(=O)C(F)(F)F)Cc2ccnn21)N1CCC1. The zero-order valence-electron chi connectivity index (χ0n) is 12.0. The summed E-state index contributed by atoms with van der Waals surface area (Å²) in [5, 5.41) is 4.02. The molecule has 7 nitrogen and oxygen atoms in total. The Morgan fingerprint density at radius 3 is 2.61 bits per heavy atom. The number of alkyl halides is 3. The molecular formula is C12H15F3N4O3S. The van der Waals surface area contributed by atoms with Gasteiger partial charge in [-0.15, -0.1) is 0 Å². The average Bonchev–Trinajstić information content (AvgIpc) is 2.83. The zero-order chi connectivity index (χ0) is 16.8. The Bertz CT molecular complexity index is 711. The van der Waals surface area contributed by atoms with Gasteiger partial charge in [-0.2, -0.15) is 22.6 Å². The van der Waals surface area contributed by atoms with Crippen molar-refractivity contribution in [3.05, 3.63) is 18.0 Å². The maximum Gasteiger partial charge on any atom is 0.511 e. The summed E-state index contributed by atoms with van der Waals surface area (Å²) < 4.78 is 63.4. The summed E-state index contributed by atoms with van der Waals surface area (Å²) in [6.07, 6.45) is 2.22. The van der Waals surface area contributed by atoms with Gasteiger partial charge in [-0.25, -0.2) is 8.42 Å². The van der Waals surface area contributed by atoms with Crippen molar-refractivity contribution < 1.29 is 26.4 Å². The van der Waals surface area contributed by atoms with E-state index < -0.39 is 34.7 Å². The Balaban J connectivity index is 1.84. The number of carbonyl (C=O) groups excluding carboxylic acids is 1.